The molecule has 0 spiro atoms. The molecule has 2 aliphatic carbocycles. The number of hydroxylamine groups is 2. The van der Waals surface area contributed by atoms with E-state index in [0.717, 1.165) is 12.8 Å². The Kier molecular flexibility index (Phi) is 4.64. The number of hydrogen-bond donors (Lipinski definition) is 1. The van der Waals surface area contributed by atoms with E-state index in [1.807, 2.05) is 0 Å². The minimum Gasteiger partial charge on any atom is -0.287 e. The van der Waals surface area contributed by atoms with Crippen LogP contribution in [0.5, 0.6) is 0 Å². The lowest BCUT2D eigenvalue weighted by atomic mass is 9.95. The Hall–Kier alpha value is -0.570. The molecule has 92 valence electrons. The van der Waals surface area contributed by atoms with E-state index in [9.17, 15) is 5.21 Å². The Morgan fingerprint density at radius 3 is 2.06 bits per heavy atom. The lowest BCUT2D eigenvalue weighted by Gasteiger charge is -2.28. The lowest BCUT2D eigenvalue weighted by Crippen LogP contribution is -2.33. The first-order chi connectivity index (χ1) is 7.86. The summed E-state index contributed by atoms with van der Waals surface area (Å²) in [4.78, 5) is 4.51. The SMILES string of the molecule is ON(/C=N/C1CCCCC1)C1CCCCC1. The van der Waals surface area contributed by atoms with Crippen molar-refractivity contribution in [2.24, 2.45) is 4.99 Å². The summed E-state index contributed by atoms with van der Waals surface area (Å²) < 4.78 is 0. The third-order valence-corrected chi connectivity index (χ3v) is 3.92. The van der Waals surface area contributed by atoms with Crippen LogP contribution in [0.1, 0.15) is 64.2 Å². The van der Waals surface area contributed by atoms with E-state index in [4.69, 9.17) is 0 Å². The third kappa shape index (κ3) is 3.48. The summed E-state index contributed by atoms with van der Waals surface area (Å²) in [6.07, 6.45) is 14.1. The van der Waals surface area contributed by atoms with Crippen LogP contribution < -0.4 is 0 Å². The monoisotopic (exact) mass is 224 g/mol. The molecule has 0 aliphatic heterocycles. The molecule has 0 heterocycles. The van der Waals surface area contributed by atoms with Crippen molar-refractivity contribution >= 4 is 6.34 Å². The predicted octanol–water partition coefficient (Wildman–Crippen LogP) is 3.37. The second-order valence-electron chi connectivity index (χ2n) is 5.23. The molecular formula is C13H24N2O. The van der Waals surface area contributed by atoms with Gasteiger partial charge in [-0.3, -0.25) is 10.2 Å². The van der Waals surface area contributed by atoms with E-state index in [2.05, 4.69) is 4.99 Å². The van der Waals surface area contributed by atoms with E-state index in [-0.39, 0.29) is 0 Å². The van der Waals surface area contributed by atoms with Gasteiger partial charge in [-0.25, -0.2) is 5.06 Å². The van der Waals surface area contributed by atoms with Crippen molar-refractivity contribution in [1.29, 1.82) is 0 Å². The largest absolute Gasteiger partial charge is 0.287 e. The zero-order valence-electron chi connectivity index (χ0n) is 10.1. The van der Waals surface area contributed by atoms with E-state index in [1.54, 1.807) is 6.34 Å². The van der Waals surface area contributed by atoms with Gasteiger partial charge in [0, 0.05) is 0 Å². The number of hydrogen-bond acceptors (Lipinski definition) is 2. The van der Waals surface area contributed by atoms with Gasteiger partial charge in [-0.15, -0.1) is 0 Å². The molecule has 0 aromatic heterocycles. The van der Waals surface area contributed by atoms with Crippen LogP contribution in [0.2, 0.25) is 0 Å². The molecule has 0 unspecified atom stereocenters. The van der Waals surface area contributed by atoms with Gasteiger partial charge in [0.1, 0.15) is 6.34 Å². The summed E-state index contributed by atoms with van der Waals surface area (Å²) in [6, 6.07) is 0.785. The maximum atomic E-state index is 9.89. The van der Waals surface area contributed by atoms with Gasteiger partial charge in [-0.2, -0.15) is 0 Å². The molecule has 1 N–H and O–H groups in total. The average molecular weight is 224 g/mol. The summed E-state index contributed by atoms with van der Waals surface area (Å²) in [5.41, 5.74) is 0. The summed E-state index contributed by atoms with van der Waals surface area (Å²) in [7, 11) is 0. The van der Waals surface area contributed by atoms with Crippen LogP contribution in [-0.2, 0) is 0 Å². The molecule has 0 saturated heterocycles. The molecule has 0 aromatic carbocycles. The van der Waals surface area contributed by atoms with Crippen LogP contribution in [0.3, 0.4) is 0 Å². The van der Waals surface area contributed by atoms with Crippen LogP contribution in [0.15, 0.2) is 4.99 Å². The zero-order valence-corrected chi connectivity index (χ0v) is 10.1. The molecule has 2 rings (SSSR count). The number of rotatable bonds is 3. The molecule has 2 saturated carbocycles. The van der Waals surface area contributed by atoms with Gasteiger partial charge in [0.15, 0.2) is 0 Å². The van der Waals surface area contributed by atoms with Gasteiger partial charge < -0.3 is 0 Å². The van der Waals surface area contributed by atoms with Crippen LogP contribution in [0, 0.1) is 0 Å². The average Bonchev–Trinajstić information content (AvgIpc) is 2.38. The van der Waals surface area contributed by atoms with Gasteiger partial charge in [0.25, 0.3) is 0 Å². The summed E-state index contributed by atoms with van der Waals surface area (Å²) in [6.45, 7) is 0. The Morgan fingerprint density at radius 1 is 0.875 bits per heavy atom. The molecule has 2 fully saturated rings. The molecular weight excluding hydrogens is 200 g/mol. The zero-order chi connectivity index (χ0) is 11.2. The number of aliphatic imine (C=N–C) groups is 1. The van der Waals surface area contributed by atoms with Crippen molar-refractivity contribution in [3.8, 4) is 0 Å². The highest BCUT2D eigenvalue weighted by molar-refractivity contribution is 5.53. The first kappa shape index (κ1) is 11.9. The van der Waals surface area contributed by atoms with Crippen LogP contribution in [0.4, 0.5) is 0 Å². The quantitative estimate of drug-likeness (QED) is 0.453. The van der Waals surface area contributed by atoms with E-state index < -0.39 is 0 Å². The Balaban J connectivity index is 1.75. The van der Waals surface area contributed by atoms with Crippen LogP contribution in [0.25, 0.3) is 0 Å². The minimum atomic E-state index is 0.320. The highest BCUT2D eigenvalue weighted by Crippen LogP contribution is 2.22. The maximum Gasteiger partial charge on any atom is 0.110 e. The fourth-order valence-corrected chi connectivity index (χ4v) is 2.83. The van der Waals surface area contributed by atoms with Gasteiger partial charge in [-0.1, -0.05) is 38.5 Å². The Morgan fingerprint density at radius 2 is 1.44 bits per heavy atom. The smallest absolute Gasteiger partial charge is 0.110 e. The summed E-state index contributed by atoms with van der Waals surface area (Å²) >= 11 is 0. The lowest BCUT2D eigenvalue weighted by molar-refractivity contribution is -0.0588. The van der Waals surface area contributed by atoms with Crippen molar-refractivity contribution in [3.63, 3.8) is 0 Å². The molecule has 0 amide bonds. The predicted molar refractivity (Wildman–Crippen MR) is 65.9 cm³/mol. The van der Waals surface area contributed by atoms with Crippen molar-refractivity contribution in [2.45, 2.75) is 76.3 Å². The fraction of sp³-hybridized carbons (Fsp3) is 0.923. The summed E-state index contributed by atoms with van der Waals surface area (Å²) in [5.74, 6) is 0. The topological polar surface area (TPSA) is 35.8 Å². The highest BCUT2D eigenvalue weighted by Gasteiger charge is 2.18. The van der Waals surface area contributed by atoms with E-state index in [1.165, 1.54) is 56.4 Å². The third-order valence-electron chi connectivity index (χ3n) is 3.92. The minimum absolute atomic E-state index is 0.320. The molecule has 0 radical (unpaired) electrons. The fourth-order valence-electron chi connectivity index (χ4n) is 2.83. The van der Waals surface area contributed by atoms with Crippen molar-refractivity contribution in [1.82, 2.24) is 5.06 Å². The summed E-state index contributed by atoms with van der Waals surface area (Å²) in [5, 5.41) is 11.3. The molecule has 0 atom stereocenters. The normalized spacial score (nSPS) is 25.1. The molecule has 2 aliphatic rings. The first-order valence-electron chi connectivity index (χ1n) is 6.87. The molecule has 3 heteroatoms. The molecule has 0 bridgehead atoms. The Labute approximate surface area is 98.5 Å². The second kappa shape index (κ2) is 6.24. The van der Waals surface area contributed by atoms with E-state index in [0.29, 0.717) is 12.1 Å². The van der Waals surface area contributed by atoms with Gasteiger partial charge >= 0.3 is 0 Å². The standard InChI is InChI=1S/C13H24N2O/c16-15(13-9-5-2-6-10-13)11-14-12-7-3-1-4-8-12/h11-13,16H,1-10H2/b14-11+. The Bertz CT molecular complexity index is 218. The van der Waals surface area contributed by atoms with Crippen LogP contribution in [-0.4, -0.2) is 28.7 Å². The first-order valence-corrected chi connectivity index (χ1v) is 6.87. The van der Waals surface area contributed by atoms with Gasteiger partial charge in [-0.05, 0) is 25.7 Å². The molecule has 0 aromatic rings. The highest BCUT2D eigenvalue weighted by atomic mass is 16.5. The van der Waals surface area contributed by atoms with Gasteiger partial charge in [0.05, 0.1) is 12.1 Å². The second-order valence-corrected chi connectivity index (χ2v) is 5.23. The van der Waals surface area contributed by atoms with Crippen LogP contribution >= 0.6 is 0 Å². The van der Waals surface area contributed by atoms with Crippen molar-refractivity contribution in [2.75, 3.05) is 0 Å². The molecule has 3 nitrogen and oxygen atoms in total. The van der Waals surface area contributed by atoms with E-state index >= 15 is 0 Å². The van der Waals surface area contributed by atoms with Crippen molar-refractivity contribution in [3.05, 3.63) is 0 Å². The van der Waals surface area contributed by atoms with Gasteiger partial charge in [0.2, 0.25) is 0 Å². The maximum absolute atomic E-state index is 9.89. The molecule has 16 heavy (non-hydrogen) atoms. The van der Waals surface area contributed by atoms with Crippen molar-refractivity contribution < 1.29 is 5.21 Å². The number of nitrogens with zero attached hydrogens (tertiary/aromatic N) is 2.